The summed E-state index contributed by atoms with van der Waals surface area (Å²) in [4.78, 5) is 4.33. The summed E-state index contributed by atoms with van der Waals surface area (Å²) in [6.45, 7) is 3.26. The number of methoxy groups -OCH3 is 1. The molecule has 0 fully saturated rings. The van der Waals surface area contributed by atoms with E-state index in [-0.39, 0.29) is 0 Å². The van der Waals surface area contributed by atoms with E-state index < -0.39 is 0 Å². The molecule has 0 aliphatic heterocycles. The molecule has 4 nitrogen and oxygen atoms in total. The fourth-order valence-electron chi connectivity index (χ4n) is 1.96. The summed E-state index contributed by atoms with van der Waals surface area (Å²) in [5.41, 5.74) is 3.22. The van der Waals surface area contributed by atoms with Crippen LogP contribution < -0.4 is 14.8 Å². The van der Waals surface area contributed by atoms with Gasteiger partial charge in [0.25, 0.3) is 0 Å². The highest BCUT2D eigenvalue weighted by Crippen LogP contribution is 2.28. The monoisotopic (exact) mass is 272 g/mol. The zero-order valence-electron chi connectivity index (χ0n) is 12.1. The molecule has 0 aliphatic carbocycles. The van der Waals surface area contributed by atoms with Crippen LogP contribution in [0.5, 0.6) is 11.5 Å². The number of benzene rings is 1. The molecule has 1 aromatic carbocycles. The fraction of sp³-hybridized carbons (Fsp3) is 0.312. The van der Waals surface area contributed by atoms with Gasteiger partial charge in [0.1, 0.15) is 6.61 Å². The van der Waals surface area contributed by atoms with Gasteiger partial charge in [0.05, 0.1) is 12.8 Å². The first-order valence-corrected chi connectivity index (χ1v) is 6.59. The zero-order chi connectivity index (χ0) is 14.4. The molecule has 0 saturated heterocycles. The van der Waals surface area contributed by atoms with Crippen molar-refractivity contribution in [2.45, 2.75) is 20.1 Å². The minimum Gasteiger partial charge on any atom is -0.493 e. The molecule has 0 saturated carbocycles. The molecular formula is C16H20N2O2. The smallest absolute Gasteiger partial charge is 0.162 e. The summed E-state index contributed by atoms with van der Waals surface area (Å²) in [6, 6.07) is 9.89. The number of aromatic nitrogens is 1. The van der Waals surface area contributed by atoms with Crippen molar-refractivity contribution in [1.29, 1.82) is 0 Å². The third kappa shape index (κ3) is 3.48. The largest absolute Gasteiger partial charge is 0.493 e. The average molecular weight is 272 g/mol. The second-order valence-electron chi connectivity index (χ2n) is 4.57. The van der Waals surface area contributed by atoms with Gasteiger partial charge in [0, 0.05) is 12.7 Å². The average Bonchev–Trinajstić information content (AvgIpc) is 2.47. The molecule has 106 valence electrons. The fourth-order valence-corrected chi connectivity index (χ4v) is 1.96. The third-order valence-corrected chi connectivity index (χ3v) is 3.09. The summed E-state index contributed by atoms with van der Waals surface area (Å²) in [7, 11) is 3.56. The predicted molar refractivity (Wildman–Crippen MR) is 79.1 cm³/mol. The number of nitrogens with zero attached hydrogens (tertiary/aromatic N) is 1. The molecular weight excluding hydrogens is 252 g/mol. The number of aryl methyl sites for hydroxylation is 1. The number of hydrogen-bond acceptors (Lipinski definition) is 4. The number of pyridine rings is 1. The highest BCUT2D eigenvalue weighted by Gasteiger charge is 2.07. The molecule has 1 aromatic heterocycles. The maximum Gasteiger partial charge on any atom is 0.162 e. The van der Waals surface area contributed by atoms with E-state index in [0.29, 0.717) is 6.61 Å². The molecule has 20 heavy (non-hydrogen) atoms. The highest BCUT2D eigenvalue weighted by molar-refractivity contribution is 5.43. The second kappa shape index (κ2) is 6.91. The van der Waals surface area contributed by atoms with Crippen molar-refractivity contribution in [3.05, 3.63) is 53.3 Å². The predicted octanol–water partition coefficient (Wildman–Crippen LogP) is 2.70. The van der Waals surface area contributed by atoms with Gasteiger partial charge in [-0.3, -0.25) is 4.98 Å². The van der Waals surface area contributed by atoms with Gasteiger partial charge in [0.15, 0.2) is 11.5 Å². The lowest BCUT2D eigenvalue weighted by atomic mass is 10.2. The molecule has 4 heteroatoms. The van der Waals surface area contributed by atoms with Crippen LogP contribution in [0.1, 0.15) is 16.8 Å². The van der Waals surface area contributed by atoms with Crippen LogP contribution in [-0.2, 0) is 13.2 Å². The Morgan fingerprint density at radius 2 is 2.05 bits per heavy atom. The Balaban J connectivity index is 2.15. The van der Waals surface area contributed by atoms with E-state index in [0.717, 1.165) is 34.9 Å². The van der Waals surface area contributed by atoms with E-state index >= 15 is 0 Å². The number of rotatable bonds is 6. The lowest BCUT2D eigenvalue weighted by molar-refractivity contribution is 0.279. The quantitative estimate of drug-likeness (QED) is 0.878. The summed E-state index contributed by atoms with van der Waals surface area (Å²) in [5.74, 6) is 1.48. The van der Waals surface area contributed by atoms with Crippen LogP contribution in [0.2, 0.25) is 0 Å². The van der Waals surface area contributed by atoms with Crippen molar-refractivity contribution in [3.8, 4) is 11.5 Å². The van der Waals surface area contributed by atoms with Crippen LogP contribution in [0, 0.1) is 6.92 Å². The highest BCUT2D eigenvalue weighted by atomic mass is 16.5. The first-order chi connectivity index (χ1) is 9.74. The standard InChI is InChI=1S/C16H20N2O2/c1-12-5-4-8-18-14(12)11-20-16-9-13(10-17-2)6-7-15(16)19-3/h4-9,17H,10-11H2,1-3H3. The maximum atomic E-state index is 5.87. The molecule has 1 N–H and O–H groups in total. The molecule has 0 aliphatic rings. The van der Waals surface area contributed by atoms with Crippen LogP contribution in [-0.4, -0.2) is 19.1 Å². The van der Waals surface area contributed by atoms with Crippen LogP contribution in [0.4, 0.5) is 0 Å². The Labute approximate surface area is 119 Å². The molecule has 2 rings (SSSR count). The van der Waals surface area contributed by atoms with Crippen LogP contribution >= 0.6 is 0 Å². The van der Waals surface area contributed by atoms with Crippen LogP contribution in [0.25, 0.3) is 0 Å². The minimum atomic E-state index is 0.437. The molecule has 0 amide bonds. The van der Waals surface area contributed by atoms with Crippen molar-refractivity contribution in [2.75, 3.05) is 14.2 Å². The van der Waals surface area contributed by atoms with E-state index in [2.05, 4.69) is 10.3 Å². The summed E-state index contributed by atoms with van der Waals surface area (Å²) >= 11 is 0. The van der Waals surface area contributed by atoms with Crippen LogP contribution in [0.15, 0.2) is 36.5 Å². The van der Waals surface area contributed by atoms with Crippen molar-refractivity contribution >= 4 is 0 Å². The Morgan fingerprint density at radius 1 is 1.20 bits per heavy atom. The SMILES string of the molecule is CNCc1ccc(OC)c(OCc2ncccc2C)c1. The summed E-state index contributed by atoms with van der Waals surface area (Å²) in [6.07, 6.45) is 1.78. The van der Waals surface area contributed by atoms with E-state index in [1.165, 1.54) is 0 Å². The number of hydrogen-bond donors (Lipinski definition) is 1. The Kier molecular flexibility index (Phi) is 4.96. The van der Waals surface area contributed by atoms with Crippen molar-refractivity contribution in [2.24, 2.45) is 0 Å². The lowest BCUT2D eigenvalue weighted by Gasteiger charge is -2.13. The third-order valence-electron chi connectivity index (χ3n) is 3.09. The molecule has 0 unspecified atom stereocenters. The topological polar surface area (TPSA) is 43.4 Å². The molecule has 0 radical (unpaired) electrons. The first kappa shape index (κ1) is 14.3. The van der Waals surface area contributed by atoms with Gasteiger partial charge < -0.3 is 14.8 Å². The van der Waals surface area contributed by atoms with Gasteiger partial charge in [-0.25, -0.2) is 0 Å². The van der Waals surface area contributed by atoms with E-state index in [4.69, 9.17) is 9.47 Å². The van der Waals surface area contributed by atoms with Crippen LogP contribution in [0.3, 0.4) is 0 Å². The maximum absolute atomic E-state index is 5.87. The molecule has 1 heterocycles. The van der Waals surface area contributed by atoms with Crippen molar-refractivity contribution in [1.82, 2.24) is 10.3 Å². The second-order valence-corrected chi connectivity index (χ2v) is 4.57. The molecule has 2 aromatic rings. The Bertz CT molecular complexity index is 570. The van der Waals surface area contributed by atoms with Gasteiger partial charge in [-0.15, -0.1) is 0 Å². The molecule has 0 bridgehead atoms. The number of nitrogens with one attached hydrogen (secondary N) is 1. The Hall–Kier alpha value is -2.07. The van der Waals surface area contributed by atoms with E-state index in [9.17, 15) is 0 Å². The zero-order valence-corrected chi connectivity index (χ0v) is 12.1. The first-order valence-electron chi connectivity index (χ1n) is 6.59. The van der Waals surface area contributed by atoms with Gasteiger partial charge in [-0.1, -0.05) is 12.1 Å². The van der Waals surface area contributed by atoms with Gasteiger partial charge >= 0.3 is 0 Å². The molecule has 0 atom stereocenters. The molecule has 0 spiro atoms. The van der Waals surface area contributed by atoms with Crippen molar-refractivity contribution in [3.63, 3.8) is 0 Å². The van der Waals surface area contributed by atoms with Gasteiger partial charge in [-0.05, 0) is 43.3 Å². The van der Waals surface area contributed by atoms with E-state index in [1.54, 1.807) is 13.3 Å². The number of ether oxygens (including phenoxy) is 2. The summed E-state index contributed by atoms with van der Waals surface area (Å²) < 4.78 is 11.2. The van der Waals surface area contributed by atoms with Crippen molar-refractivity contribution < 1.29 is 9.47 Å². The van der Waals surface area contributed by atoms with Gasteiger partial charge in [-0.2, -0.15) is 0 Å². The Morgan fingerprint density at radius 3 is 2.75 bits per heavy atom. The van der Waals surface area contributed by atoms with E-state index in [1.807, 2.05) is 44.3 Å². The van der Waals surface area contributed by atoms with Gasteiger partial charge in [0.2, 0.25) is 0 Å². The normalized spacial score (nSPS) is 10.3. The summed E-state index contributed by atoms with van der Waals surface area (Å²) in [5, 5.41) is 3.12. The lowest BCUT2D eigenvalue weighted by Crippen LogP contribution is -2.06. The minimum absolute atomic E-state index is 0.437.